The molecule has 0 aliphatic rings. The molecule has 0 unspecified atom stereocenters. The number of nitrogens with two attached hydrogens (primary N) is 1. The number of carbonyl (C=O) groups excluding carboxylic acids is 1. The predicted molar refractivity (Wildman–Crippen MR) is 78.0 cm³/mol. The minimum atomic E-state index is -0.309. The molecule has 7 heteroatoms. The second kappa shape index (κ2) is 6.23. The average molecular weight is 293 g/mol. The Hall–Kier alpha value is -2.31. The van der Waals surface area contributed by atoms with Crippen molar-refractivity contribution in [2.45, 2.75) is 0 Å². The maximum absolute atomic E-state index is 12.1. The Bertz CT molecular complexity index is 616. The lowest BCUT2D eigenvalue weighted by atomic mass is 10.2. The van der Waals surface area contributed by atoms with Crippen LogP contribution in [0.1, 0.15) is 10.4 Å². The van der Waals surface area contributed by atoms with Crippen LogP contribution in [-0.2, 0) is 0 Å². The van der Waals surface area contributed by atoms with Crippen LogP contribution in [0.5, 0.6) is 5.75 Å². The van der Waals surface area contributed by atoms with Gasteiger partial charge in [0.25, 0.3) is 5.91 Å². The van der Waals surface area contributed by atoms with Crippen LogP contribution in [0, 0.1) is 0 Å². The fourth-order valence-electron chi connectivity index (χ4n) is 1.58. The number of nitrogens with zero attached hydrogens (tertiary/aromatic N) is 1. The number of pyridine rings is 1. The van der Waals surface area contributed by atoms with Crippen LogP contribution in [0.4, 0.5) is 11.5 Å². The van der Waals surface area contributed by atoms with Crippen molar-refractivity contribution < 1.29 is 9.53 Å². The highest BCUT2D eigenvalue weighted by Crippen LogP contribution is 2.18. The summed E-state index contributed by atoms with van der Waals surface area (Å²) in [4.78, 5) is 16.0. The van der Waals surface area contributed by atoms with E-state index in [1.54, 1.807) is 31.4 Å². The zero-order valence-corrected chi connectivity index (χ0v) is 11.4. The van der Waals surface area contributed by atoms with Crippen LogP contribution in [0.15, 0.2) is 36.4 Å². The number of hydrogen-bond acceptors (Lipinski definition) is 5. The molecule has 4 N–H and O–H groups in total. The summed E-state index contributed by atoms with van der Waals surface area (Å²) in [6.45, 7) is 0. The largest absolute Gasteiger partial charge is 0.497 e. The summed E-state index contributed by atoms with van der Waals surface area (Å²) in [6, 6.07) is 9.94. The Morgan fingerprint density at radius 3 is 2.60 bits per heavy atom. The molecule has 2 rings (SSSR count). The highest BCUT2D eigenvalue weighted by atomic mass is 35.5. The Morgan fingerprint density at radius 1 is 1.30 bits per heavy atom. The van der Waals surface area contributed by atoms with Gasteiger partial charge in [0.05, 0.1) is 7.11 Å². The van der Waals surface area contributed by atoms with Gasteiger partial charge < -0.3 is 15.5 Å². The lowest BCUT2D eigenvalue weighted by molar-refractivity contribution is 0.102. The SMILES string of the molecule is COc1ccc(NC(=O)c2cc(Cl)nc(NN)c2)cc1. The van der Waals surface area contributed by atoms with E-state index in [1.807, 2.05) is 0 Å². The summed E-state index contributed by atoms with van der Waals surface area (Å²) in [5.41, 5.74) is 3.35. The van der Waals surface area contributed by atoms with Gasteiger partial charge in [-0.2, -0.15) is 0 Å². The molecule has 0 saturated carbocycles. The van der Waals surface area contributed by atoms with Crippen molar-refractivity contribution in [3.8, 4) is 5.75 Å². The quantitative estimate of drug-likeness (QED) is 0.457. The molecule has 0 bridgehead atoms. The van der Waals surface area contributed by atoms with Gasteiger partial charge in [-0.25, -0.2) is 10.8 Å². The summed E-state index contributed by atoms with van der Waals surface area (Å²) < 4.78 is 5.04. The third kappa shape index (κ3) is 3.37. The smallest absolute Gasteiger partial charge is 0.255 e. The van der Waals surface area contributed by atoms with Crippen molar-refractivity contribution in [1.82, 2.24) is 4.98 Å². The Morgan fingerprint density at radius 2 is 2.00 bits per heavy atom. The normalized spacial score (nSPS) is 9.95. The number of hydrazine groups is 1. The van der Waals surface area contributed by atoms with Crippen molar-refractivity contribution in [2.75, 3.05) is 17.9 Å². The molecule has 20 heavy (non-hydrogen) atoms. The summed E-state index contributed by atoms with van der Waals surface area (Å²) in [6.07, 6.45) is 0. The van der Waals surface area contributed by atoms with E-state index in [1.165, 1.54) is 12.1 Å². The molecule has 0 atom stereocenters. The molecular weight excluding hydrogens is 280 g/mol. The Labute approximate surface area is 120 Å². The van der Waals surface area contributed by atoms with Gasteiger partial charge in [0, 0.05) is 11.3 Å². The minimum absolute atomic E-state index is 0.181. The number of nitrogens with one attached hydrogen (secondary N) is 2. The zero-order valence-electron chi connectivity index (χ0n) is 10.7. The monoisotopic (exact) mass is 292 g/mol. The number of aromatic nitrogens is 1. The van der Waals surface area contributed by atoms with Crippen LogP contribution < -0.4 is 21.3 Å². The molecule has 1 amide bonds. The molecule has 0 aliphatic heterocycles. The topological polar surface area (TPSA) is 89.3 Å². The second-order valence-corrected chi connectivity index (χ2v) is 4.28. The van der Waals surface area contributed by atoms with E-state index in [9.17, 15) is 4.79 Å². The molecule has 0 saturated heterocycles. The van der Waals surface area contributed by atoms with E-state index in [4.69, 9.17) is 22.2 Å². The molecule has 6 nitrogen and oxygen atoms in total. The molecular formula is C13H13ClN4O2. The first-order chi connectivity index (χ1) is 9.62. The standard InChI is InChI=1S/C13H13ClN4O2/c1-20-10-4-2-9(3-5-10)16-13(19)8-6-11(14)17-12(7-8)18-15/h2-7H,15H2,1H3,(H,16,19)(H,17,18). The molecule has 1 heterocycles. The van der Waals surface area contributed by atoms with Gasteiger partial charge in [0.2, 0.25) is 0 Å². The van der Waals surface area contributed by atoms with Gasteiger partial charge >= 0.3 is 0 Å². The third-order valence-corrected chi connectivity index (χ3v) is 2.75. The number of nitrogen functional groups attached to an aromatic ring is 1. The molecule has 0 radical (unpaired) electrons. The lowest BCUT2D eigenvalue weighted by Gasteiger charge is -2.08. The van der Waals surface area contributed by atoms with Gasteiger partial charge in [-0.3, -0.25) is 4.79 Å². The van der Waals surface area contributed by atoms with Crippen molar-refractivity contribution in [2.24, 2.45) is 5.84 Å². The number of anilines is 2. The van der Waals surface area contributed by atoms with Crippen LogP contribution in [0.3, 0.4) is 0 Å². The van der Waals surface area contributed by atoms with E-state index in [-0.39, 0.29) is 11.1 Å². The number of methoxy groups -OCH3 is 1. The molecule has 2 aromatic rings. The van der Waals surface area contributed by atoms with E-state index < -0.39 is 0 Å². The Kier molecular flexibility index (Phi) is 4.39. The van der Waals surface area contributed by atoms with Crippen molar-refractivity contribution >= 4 is 29.0 Å². The van der Waals surface area contributed by atoms with Crippen LogP contribution >= 0.6 is 11.6 Å². The van der Waals surface area contributed by atoms with E-state index in [0.717, 1.165) is 0 Å². The van der Waals surface area contributed by atoms with Crippen molar-refractivity contribution in [1.29, 1.82) is 0 Å². The zero-order chi connectivity index (χ0) is 14.5. The summed E-state index contributed by atoms with van der Waals surface area (Å²) in [7, 11) is 1.58. The molecule has 1 aromatic carbocycles. The first-order valence-corrected chi connectivity index (χ1v) is 6.10. The van der Waals surface area contributed by atoms with Crippen LogP contribution in [-0.4, -0.2) is 18.0 Å². The number of carbonyl (C=O) groups is 1. The highest BCUT2D eigenvalue weighted by Gasteiger charge is 2.09. The van der Waals surface area contributed by atoms with Crippen molar-refractivity contribution in [3.05, 3.63) is 47.1 Å². The molecule has 0 fully saturated rings. The molecule has 104 valence electrons. The van der Waals surface area contributed by atoms with Gasteiger partial charge in [-0.15, -0.1) is 0 Å². The number of benzene rings is 1. The number of amides is 1. The second-order valence-electron chi connectivity index (χ2n) is 3.89. The molecule has 1 aromatic heterocycles. The Balaban J connectivity index is 2.16. The van der Waals surface area contributed by atoms with E-state index >= 15 is 0 Å². The summed E-state index contributed by atoms with van der Waals surface area (Å²) in [5, 5.41) is 2.92. The van der Waals surface area contributed by atoms with E-state index in [2.05, 4.69) is 15.7 Å². The number of halogens is 1. The van der Waals surface area contributed by atoms with Gasteiger partial charge in [-0.05, 0) is 36.4 Å². The number of ether oxygens (including phenoxy) is 1. The van der Waals surface area contributed by atoms with Gasteiger partial charge in [-0.1, -0.05) is 11.6 Å². The fraction of sp³-hybridized carbons (Fsp3) is 0.0769. The van der Waals surface area contributed by atoms with Gasteiger partial charge in [0.15, 0.2) is 0 Å². The highest BCUT2D eigenvalue weighted by molar-refractivity contribution is 6.30. The van der Waals surface area contributed by atoms with Crippen LogP contribution in [0.2, 0.25) is 5.15 Å². The van der Waals surface area contributed by atoms with Gasteiger partial charge in [0.1, 0.15) is 16.7 Å². The summed E-state index contributed by atoms with van der Waals surface area (Å²) >= 11 is 5.81. The predicted octanol–water partition coefficient (Wildman–Crippen LogP) is 2.28. The maximum Gasteiger partial charge on any atom is 0.255 e. The van der Waals surface area contributed by atoms with E-state index in [0.29, 0.717) is 22.8 Å². The average Bonchev–Trinajstić information content (AvgIpc) is 2.47. The number of hydrogen-bond donors (Lipinski definition) is 3. The molecule has 0 spiro atoms. The third-order valence-electron chi connectivity index (χ3n) is 2.55. The maximum atomic E-state index is 12.1. The fourth-order valence-corrected chi connectivity index (χ4v) is 1.79. The first kappa shape index (κ1) is 14.1. The molecule has 0 aliphatic carbocycles. The lowest BCUT2D eigenvalue weighted by Crippen LogP contribution is -2.14. The van der Waals surface area contributed by atoms with Crippen molar-refractivity contribution in [3.63, 3.8) is 0 Å². The first-order valence-electron chi connectivity index (χ1n) is 5.72. The summed E-state index contributed by atoms with van der Waals surface area (Å²) in [5.74, 6) is 5.98. The minimum Gasteiger partial charge on any atom is -0.497 e. The van der Waals surface area contributed by atoms with Crippen LogP contribution in [0.25, 0.3) is 0 Å². The number of rotatable bonds is 4.